The normalized spacial score (nSPS) is 29.0. The second-order valence-electron chi connectivity index (χ2n) is 7.00. The summed E-state index contributed by atoms with van der Waals surface area (Å²) in [7, 11) is 0. The number of urea groups is 1. The largest absolute Gasteiger partial charge is 0.481 e. The van der Waals surface area contributed by atoms with Gasteiger partial charge in [0.15, 0.2) is 0 Å². The van der Waals surface area contributed by atoms with Gasteiger partial charge in [0.2, 0.25) is 0 Å². The van der Waals surface area contributed by atoms with E-state index in [1.165, 1.54) is 0 Å². The smallest absolute Gasteiger partial charge is 0.317 e. The summed E-state index contributed by atoms with van der Waals surface area (Å²) >= 11 is 0. The number of rotatable bonds is 3. The van der Waals surface area contributed by atoms with Crippen LogP contribution in [0.1, 0.15) is 58.8 Å². The minimum atomic E-state index is -0.763. The fourth-order valence-electron chi connectivity index (χ4n) is 3.80. The fourth-order valence-corrected chi connectivity index (χ4v) is 3.80. The Morgan fingerprint density at radius 2 is 1.81 bits per heavy atom. The average Bonchev–Trinajstić information content (AvgIpc) is 2.65. The monoisotopic (exact) mass is 296 g/mol. The van der Waals surface area contributed by atoms with Gasteiger partial charge in [-0.15, -0.1) is 0 Å². The van der Waals surface area contributed by atoms with Gasteiger partial charge in [0.25, 0.3) is 0 Å². The number of aliphatic carboxylic acids is 1. The van der Waals surface area contributed by atoms with Crippen molar-refractivity contribution in [1.82, 2.24) is 10.2 Å². The first kappa shape index (κ1) is 16.1. The molecule has 5 nitrogen and oxygen atoms in total. The molecule has 2 amide bonds. The highest BCUT2D eigenvalue weighted by Crippen LogP contribution is 2.35. The number of hydrogen-bond acceptors (Lipinski definition) is 2. The SMILES string of the molecule is CC1CC(C)N(C(=O)NCC2(C(=O)O)CCCCCC2)C1. The van der Waals surface area contributed by atoms with Gasteiger partial charge in [0.1, 0.15) is 0 Å². The molecular weight excluding hydrogens is 268 g/mol. The number of nitrogens with one attached hydrogen (secondary N) is 1. The predicted molar refractivity (Wildman–Crippen MR) is 81.1 cm³/mol. The van der Waals surface area contributed by atoms with Gasteiger partial charge < -0.3 is 15.3 Å². The van der Waals surface area contributed by atoms with Crippen LogP contribution in [0.25, 0.3) is 0 Å². The van der Waals surface area contributed by atoms with Crippen molar-refractivity contribution in [1.29, 1.82) is 0 Å². The van der Waals surface area contributed by atoms with Gasteiger partial charge in [-0.1, -0.05) is 32.6 Å². The molecule has 1 saturated carbocycles. The topological polar surface area (TPSA) is 69.6 Å². The van der Waals surface area contributed by atoms with E-state index in [0.717, 1.165) is 38.6 Å². The summed E-state index contributed by atoms with van der Waals surface area (Å²) in [4.78, 5) is 25.9. The Balaban J connectivity index is 1.95. The Bertz CT molecular complexity index is 389. The van der Waals surface area contributed by atoms with Crippen LogP contribution >= 0.6 is 0 Å². The molecule has 5 heteroatoms. The van der Waals surface area contributed by atoms with Gasteiger partial charge in [-0.25, -0.2) is 4.79 Å². The standard InChI is InChI=1S/C16H28N2O3/c1-12-9-13(2)18(10-12)15(21)17-11-16(14(19)20)7-5-3-4-6-8-16/h12-13H,3-11H2,1-2H3,(H,17,21)(H,19,20). The molecule has 2 aliphatic rings. The van der Waals surface area contributed by atoms with Crippen LogP contribution in [-0.4, -0.2) is 41.1 Å². The van der Waals surface area contributed by atoms with Gasteiger partial charge in [-0.3, -0.25) is 4.79 Å². The van der Waals surface area contributed by atoms with Gasteiger partial charge >= 0.3 is 12.0 Å². The quantitative estimate of drug-likeness (QED) is 0.787. The second kappa shape index (κ2) is 6.67. The Labute approximate surface area is 127 Å². The number of carboxylic acid groups (broad SMARTS) is 1. The summed E-state index contributed by atoms with van der Waals surface area (Å²) in [6.45, 7) is 5.24. The first-order valence-corrected chi connectivity index (χ1v) is 8.22. The zero-order chi connectivity index (χ0) is 15.5. The lowest BCUT2D eigenvalue weighted by Crippen LogP contribution is -2.48. The van der Waals surface area contributed by atoms with Crippen LogP contribution in [0, 0.1) is 11.3 Å². The van der Waals surface area contributed by atoms with Crippen LogP contribution in [0.3, 0.4) is 0 Å². The lowest BCUT2D eigenvalue weighted by atomic mass is 9.80. The highest BCUT2D eigenvalue weighted by molar-refractivity contribution is 5.78. The Kier molecular flexibility index (Phi) is 5.12. The first-order chi connectivity index (χ1) is 9.94. The lowest BCUT2D eigenvalue weighted by molar-refractivity contribution is -0.149. The van der Waals surface area contributed by atoms with Gasteiger partial charge in [0.05, 0.1) is 5.41 Å². The van der Waals surface area contributed by atoms with E-state index in [0.29, 0.717) is 18.8 Å². The molecule has 2 rings (SSSR count). The molecule has 120 valence electrons. The molecule has 0 aromatic carbocycles. The number of carbonyl (C=O) groups is 2. The van der Waals surface area contributed by atoms with Crippen LogP contribution in [0.4, 0.5) is 4.79 Å². The maximum atomic E-state index is 12.3. The number of carbonyl (C=O) groups excluding carboxylic acids is 1. The van der Waals surface area contributed by atoms with E-state index in [-0.39, 0.29) is 18.6 Å². The number of hydrogen-bond donors (Lipinski definition) is 2. The van der Waals surface area contributed by atoms with E-state index in [2.05, 4.69) is 19.2 Å². The molecule has 2 fully saturated rings. The molecule has 0 aromatic rings. The van der Waals surface area contributed by atoms with Crippen molar-refractivity contribution < 1.29 is 14.7 Å². The Morgan fingerprint density at radius 1 is 1.19 bits per heavy atom. The van der Waals surface area contributed by atoms with E-state index >= 15 is 0 Å². The molecule has 1 aliphatic carbocycles. The molecule has 1 heterocycles. The summed E-state index contributed by atoms with van der Waals surface area (Å²) in [5.41, 5.74) is -0.763. The average molecular weight is 296 g/mol. The van der Waals surface area contributed by atoms with Crippen molar-refractivity contribution >= 4 is 12.0 Å². The van der Waals surface area contributed by atoms with Crippen molar-refractivity contribution in [2.24, 2.45) is 11.3 Å². The van der Waals surface area contributed by atoms with Crippen molar-refractivity contribution in [2.75, 3.05) is 13.1 Å². The third-order valence-corrected chi connectivity index (χ3v) is 5.14. The van der Waals surface area contributed by atoms with Crippen molar-refractivity contribution in [3.63, 3.8) is 0 Å². The number of nitrogens with zero attached hydrogens (tertiary/aromatic N) is 1. The maximum absolute atomic E-state index is 12.3. The maximum Gasteiger partial charge on any atom is 0.317 e. The summed E-state index contributed by atoms with van der Waals surface area (Å²) in [6.07, 6.45) is 6.46. The van der Waals surface area contributed by atoms with E-state index in [1.807, 2.05) is 4.90 Å². The Morgan fingerprint density at radius 3 is 2.29 bits per heavy atom. The lowest BCUT2D eigenvalue weighted by Gasteiger charge is -2.30. The number of carboxylic acids is 1. The van der Waals surface area contributed by atoms with E-state index in [9.17, 15) is 14.7 Å². The highest BCUT2D eigenvalue weighted by atomic mass is 16.4. The summed E-state index contributed by atoms with van der Waals surface area (Å²) in [5.74, 6) is -0.232. The number of amides is 2. The minimum Gasteiger partial charge on any atom is -0.481 e. The van der Waals surface area contributed by atoms with Gasteiger partial charge in [0, 0.05) is 19.1 Å². The fraction of sp³-hybridized carbons (Fsp3) is 0.875. The van der Waals surface area contributed by atoms with Gasteiger partial charge in [-0.2, -0.15) is 0 Å². The van der Waals surface area contributed by atoms with E-state index < -0.39 is 11.4 Å². The summed E-state index contributed by atoms with van der Waals surface area (Å²) < 4.78 is 0. The molecule has 2 unspecified atom stereocenters. The first-order valence-electron chi connectivity index (χ1n) is 8.22. The van der Waals surface area contributed by atoms with Crippen LogP contribution in [-0.2, 0) is 4.79 Å². The minimum absolute atomic E-state index is 0.100. The molecule has 2 N–H and O–H groups in total. The summed E-state index contributed by atoms with van der Waals surface area (Å²) in [5, 5.41) is 12.5. The molecule has 0 aromatic heterocycles. The molecule has 0 bridgehead atoms. The summed E-state index contributed by atoms with van der Waals surface area (Å²) in [6, 6.07) is 0.145. The van der Waals surface area contributed by atoms with E-state index in [4.69, 9.17) is 0 Å². The molecule has 21 heavy (non-hydrogen) atoms. The zero-order valence-corrected chi connectivity index (χ0v) is 13.2. The zero-order valence-electron chi connectivity index (χ0n) is 13.2. The predicted octanol–water partition coefficient (Wildman–Crippen LogP) is 2.85. The van der Waals surface area contributed by atoms with Crippen LogP contribution in [0.15, 0.2) is 0 Å². The third-order valence-electron chi connectivity index (χ3n) is 5.14. The third kappa shape index (κ3) is 3.69. The molecule has 0 spiro atoms. The number of likely N-dealkylation sites (tertiary alicyclic amines) is 1. The molecular formula is C16H28N2O3. The van der Waals surface area contributed by atoms with E-state index in [1.54, 1.807) is 0 Å². The Hall–Kier alpha value is -1.26. The second-order valence-corrected chi connectivity index (χ2v) is 7.00. The van der Waals surface area contributed by atoms with Crippen molar-refractivity contribution in [3.05, 3.63) is 0 Å². The van der Waals surface area contributed by atoms with Crippen molar-refractivity contribution in [3.8, 4) is 0 Å². The van der Waals surface area contributed by atoms with Crippen LogP contribution in [0.5, 0.6) is 0 Å². The molecule has 1 aliphatic heterocycles. The molecule has 2 atom stereocenters. The highest BCUT2D eigenvalue weighted by Gasteiger charge is 2.40. The van der Waals surface area contributed by atoms with Crippen LogP contribution < -0.4 is 5.32 Å². The van der Waals surface area contributed by atoms with Gasteiger partial charge in [-0.05, 0) is 32.1 Å². The van der Waals surface area contributed by atoms with Crippen LogP contribution in [0.2, 0.25) is 0 Å². The van der Waals surface area contributed by atoms with Crippen molar-refractivity contribution in [2.45, 2.75) is 64.8 Å². The molecule has 1 saturated heterocycles. The molecule has 0 radical (unpaired) electrons.